The lowest BCUT2D eigenvalue weighted by atomic mass is 10.2. The number of nitrogens with zero attached hydrogens (tertiary/aromatic N) is 1. The lowest BCUT2D eigenvalue weighted by Gasteiger charge is -2.26. The van der Waals surface area contributed by atoms with Crippen LogP contribution < -0.4 is 10.1 Å². The van der Waals surface area contributed by atoms with Crippen molar-refractivity contribution >= 4 is 11.8 Å². The first-order valence-corrected chi connectivity index (χ1v) is 7.14. The molecule has 1 unspecified atom stereocenters. The summed E-state index contributed by atoms with van der Waals surface area (Å²) >= 11 is 0. The minimum atomic E-state index is -0.152. The summed E-state index contributed by atoms with van der Waals surface area (Å²) in [6, 6.07) is 7.56. The lowest BCUT2D eigenvalue weighted by molar-refractivity contribution is -0.136. The first-order valence-electron chi connectivity index (χ1n) is 7.14. The third-order valence-corrected chi connectivity index (χ3v) is 3.49. The smallest absolute Gasteiger partial charge is 0.239 e. The number of ether oxygens (including phenoxy) is 1. The molecule has 0 fully saturated rings. The predicted molar refractivity (Wildman–Crippen MR) is 82.0 cm³/mol. The molecule has 1 atom stereocenters. The van der Waals surface area contributed by atoms with Crippen molar-refractivity contribution in [2.24, 2.45) is 0 Å². The number of hydrogen-bond donors (Lipinski definition) is 1. The molecule has 0 spiro atoms. The molecule has 0 saturated heterocycles. The molecule has 0 bridgehead atoms. The van der Waals surface area contributed by atoms with Crippen LogP contribution in [0, 0.1) is 0 Å². The zero-order valence-electron chi connectivity index (χ0n) is 13.2. The molecule has 5 nitrogen and oxygen atoms in total. The Morgan fingerprint density at radius 1 is 1.29 bits per heavy atom. The van der Waals surface area contributed by atoms with Gasteiger partial charge in [0.25, 0.3) is 0 Å². The standard InChI is InChI=1S/C16H24N2O3/c1-5-12(2)18(13(3)19)11-16(20)17-10-14-6-8-15(21-4)9-7-14/h6-9,12H,5,10-11H2,1-4H3,(H,17,20). The number of amides is 2. The van der Waals surface area contributed by atoms with Crippen LogP contribution in [0.1, 0.15) is 32.8 Å². The van der Waals surface area contributed by atoms with E-state index in [1.807, 2.05) is 38.1 Å². The SMILES string of the molecule is CCC(C)N(CC(=O)NCc1ccc(OC)cc1)C(C)=O. The number of rotatable bonds is 7. The van der Waals surface area contributed by atoms with Crippen molar-refractivity contribution in [3.63, 3.8) is 0 Å². The summed E-state index contributed by atoms with van der Waals surface area (Å²) in [4.78, 5) is 25.1. The van der Waals surface area contributed by atoms with E-state index in [0.29, 0.717) is 6.54 Å². The molecule has 0 aliphatic heterocycles. The highest BCUT2D eigenvalue weighted by Gasteiger charge is 2.18. The van der Waals surface area contributed by atoms with Crippen molar-refractivity contribution in [1.82, 2.24) is 10.2 Å². The van der Waals surface area contributed by atoms with Crippen LogP contribution in [0.15, 0.2) is 24.3 Å². The monoisotopic (exact) mass is 292 g/mol. The maximum absolute atomic E-state index is 11.9. The van der Waals surface area contributed by atoms with Crippen LogP contribution >= 0.6 is 0 Å². The molecule has 21 heavy (non-hydrogen) atoms. The number of nitrogens with one attached hydrogen (secondary N) is 1. The van der Waals surface area contributed by atoms with Gasteiger partial charge >= 0.3 is 0 Å². The van der Waals surface area contributed by atoms with Crippen molar-refractivity contribution in [2.75, 3.05) is 13.7 Å². The van der Waals surface area contributed by atoms with Gasteiger partial charge in [0, 0.05) is 19.5 Å². The molecular formula is C16H24N2O3. The second kappa shape index (κ2) is 8.29. The van der Waals surface area contributed by atoms with Gasteiger partial charge in [-0.25, -0.2) is 0 Å². The molecule has 0 aliphatic rings. The Bertz CT molecular complexity index is 471. The van der Waals surface area contributed by atoms with Crippen LogP contribution in [0.25, 0.3) is 0 Å². The lowest BCUT2D eigenvalue weighted by Crippen LogP contribution is -2.44. The minimum Gasteiger partial charge on any atom is -0.497 e. The van der Waals surface area contributed by atoms with Gasteiger partial charge < -0.3 is 15.0 Å². The van der Waals surface area contributed by atoms with Gasteiger partial charge in [0.2, 0.25) is 11.8 Å². The van der Waals surface area contributed by atoms with Gasteiger partial charge in [-0.3, -0.25) is 9.59 Å². The Morgan fingerprint density at radius 3 is 2.38 bits per heavy atom. The molecule has 5 heteroatoms. The summed E-state index contributed by atoms with van der Waals surface area (Å²) in [5.74, 6) is 0.551. The Hall–Kier alpha value is -2.04. The van der Waals surface area contributed by atoms with Gasteiger partial charge in [0.05, 0.1) is 13.7 Å². The van der Waals surface area contributed by atoms with Crippen LogP contribution in [0.2, 0.25) is 0 Å². The summed E-state index contributed by atoms with van der Waals surface area (Å²) in [5.41, 5.74) is 0.988. The van der Waals surface area contributed by atoms with Gasteiger partial charge in [-0.1, -0.05) is 19.1 Å². The summed E-state index contributed by atoms with van der Waals surface area (Å²) in [6.07, 6.45) is 0.825. The molecule has 1 aromatic rings. The first-order chi connectivity index (χ1) is 9.97. The Morgan fingerprint density at radius 2 is 1.90 bits per heavy atom. The minimum absolute atomic E-state index is 0.0641. The highest BCUT2D eigenvalue weighted by Crippen LogP contribution is 2.11. The van der Waals surface area contributed by atoms with Gasteiger partial charge in [0.15, 0.2) is 0 Å². The van der Waals surface area contributed by atoms with Gasteiger partial charge in [0.1, 0.15) is 5.75 Å². The number of carbonyl (C=O) groups excluding carboxylic acids is 2. The van der Waals surface area contributed by atoms with Crippen LogP contribution in [-0.4, -0.2) is 36.4 Å². The maximum Gasteiger partial charge on any atom is 0.239 e. The van der Waals surface area contributed by atoms with E-state index in [1.165, 1.54) is 6.92 Å². The zero-order valence-corrected chi connectivity index (χ0v) is 13.2. The topological polar surface area (TPSA) is 58.6 Å². The number of carbonyl (C=O) groups is 2. The molecular weight excluding hydrogens is 268 g/mol. The second-order valence-corrected chi connectivity index (χ2v) is 5.03. The third kappa shape index (κ3) is 5.45. The van der Waals surface area contributed by atoms with E-state index in [9.17, 15) is 9.59 Å². The fourth-order valence-corrected chi connectivity index (χ4v) is 1.95. The Kier molecular flexibility index (Phi) is 6.72. The van der Waals surface area contributed by atoms with Crippen molar-refractivity contribution in [2.45, 2.75) is 39.8 Å². The average Bonchev–Trinajstić information content (AvgIpc) is 2.50. The van der Waals surface area contributed by atoms with Crippen molar-refractivity contribution < 1.29 is 14.3 Å². The highest BCUT2D eigenvalue weighted by molar-refractivity contribution is 5.83. The van der Waals surface area contributed by atoms with Crippen molar-refractivity contribution in [3.8, 4) is 5.75 Å². The first kappa shape index (κ1) is 17.0. The fraction of sp³-hybridized carbons (Fsp3) is 0.500. The van der Waals surface area contributed by atoms with E-state index in [0.717, 1.165) is 17.7 Å². The Balaban J connectivity index is 2.50. The van der Waals surface area contributed by atoms with Crippen molar-refractivity contribution in [3.05, 3.63) is 29.8 Å². The van der Waals surface area contributed by atoms with Gasteiger partial charge in [-0.2, -0.15) is 0 Å². The van der Waals surface area contributed by atoms with E-state index in [4.69, 9.17) is 4.74 Å². The number of hydrogen-bond acceptors (Lipinski definition) is 3. The summed E-state index contributed by atoms with van der Waals surface area (Å²) in [6.45, 7) is 5.96. The van der Waals surface area contributed by atoms with E-state index < -0.39 is 0 Å². The average molecular weight is 292 g/mol. The largest absolute Gasteiger partial charge is 0.497 e. The van der Waals surface area contributed by atoms with Gasteiger partial charge in [-0.05, 0) is 31.0 Å². The summed E-state index contributed by atoms with van der Waals surface area (Å²) in [5, 5.41) is 2.83. The maximum atomic E-state index is 11.9. The van der Waals surface area contributed by atoms with E-state index >= 15 is 0 Å². The molecule has 0 aromatic heterocycles. The van der Waals surface area contributed by atoms with Crippen LogP contribution in [-0.2, 0) is 16.1 Å². The molecule has 0 aliphatic carbocycles. The normalized spacial score (nSPS) is 11.6. The molecule has 1 aromatic carbocycles. The fourth-order valence-electron chi connectivity index (χ4n) is 1.95. The molecule has 1 rings (SSSR count). The Labute approximate surface area is 126 Å². The predicted octanol–water partition coefficient (Wildman–Crippen LogP) is 1.96. The highest BCUT2D eigenvalue weighted by atomic mass is 16.5. The van der Waals surface area contributed by atoms with E-state index in [-0.39, 0.29) is 24.4 Å². The van der Waals surface area contributed by atoms with Gasteiger partial charge in [-0.15, -0.1) is 0 Å². The molecule has 2 amide bonds. The van der Waals surface area contributed by atoms with Crippen LogP contribution in [0.3, 0.4) is 0 Å². The van der Waals surface area contributed by atoms with Crippen LogP contribution in [0.4, 0.5) is 0 Å². The van der Waals surface area contributed by atoms with Crippen molar-refractivity contribution in [1.29, 1.82) is 0 Å². The summed E-state index contributed by atoms with van der Waals surface area (Å²) in [7, 11) is 1.61. The third-order valence-electron chi connectivity index (χ3n) is 3.49. The van der Waals surface area contributed by atoms with Crippen LogP contribution in [0.5, 0.6) is 5.75 Å². The number of benzene rings is 1. The molecule has 0 saturated carbocycles. The number of methoxy groups -OCH3 is 1. The second-order valence-electron chi connectivity index (χ2n) is 5.03. The van der Waals surface area contributed by atoms with E-state index in [2.05, 4.69) is 5.32 Å². The summed E-state index contributed by atoms with van der Waals surface area (Å²) < 4.78 is 5.08. The molecule has 0 heterocycles. The quantitative estimate of drug-likeness (QED) is 0.835. The molecule has 116 valence electrons. The van der Waals surface area contributed by atoms with E-state index in [1.54, 1.807) is 12.0 Å². The zero-order chi connectivity index (χ0) is 15.8. The molecule has 1 N–H and O–H groups in total. The molecule has 0 radical (unpaired) electrons.